The molecule has 0 aromatic heterocycles. The van der Waals surface area contributed by atoms with Crippen molar-refractivity contribution in [3.05, 3.63) is 59.2 Å². The van der Waals surface area contributed by atoms with Gasteiger partial charge in [-0.25, -0.2) is 0 Å². The summed E-state index contributed by atoms with van der Waals surface area (Å²) in [6, 6.07) is 11.3. The second-order valence-corrected chi connectivity index (χ2v) is 6.65. The lowest BCUT2D eigenvalue weighted by atomic mass is 10.0. The molecule has 0 bridgehead atoms. The third-order valence-electron chi connectivity index (χ3n) is 4.55. The zero-order valence-electron chi connectivity index (χ0n) is 14.6. The first-order valence-electron chi connectivity index (χ1n) is 8.62. The van der Waals surface area contributed by atoms with Crippen LogP contribution in [-0.2, 0) is 0 Å². The lowest BCUT2D eigenvalue weighted by Gasteiger charge is -2.32. The molecule has 0 unspecified atom stereocenters. The lowest BCUT2D eigenvalue weighted by molar-refractivity contribution is 0.0697. The molecular weight excluding hydrogens is 332 g/mol. The first kappa shape index (κ1) is 17.8. The minimum Gasteiger partial charge on any atom is -0.508 e. The molecule has 136 valence electrons. The summed E-state index contributed by atoms with van der Waals surface area (Å²) in [6.45, 7) is 2.96. The van der Waals surface area contributed by atoms with Gasteiger partial charge in [-0.2, -0.15) is 0 Å². The molecule has 1 heterocycles. The van der Waals surface area contributed by atoms with E-state index in [9.17, 15) is 19.8 Å². The van der Waals surface area contributed by atoms with Crippen LogP contribution in [0.4, 0.5) is 0 Å². The van der Waals surface area contributed by atoms with Crippen molar-refractivity contribution in [2.24, 2.45) is 0 Å². The first-order chi connectivity index (χ1) is 12.4. The Morgan fingerprint density at radius 1 is 1.00 bits per heavy atom. The zero-order valence-corrected chi connectivity index (χ0v) is 14.6. The lowest BCUT2D eigenvalue weighted by Crippen LogP contribution is -2.46. The minimum atomic E-state index is -0.236. The summed E-state index contributed by atoms with van der Waals surface area (Å²) >= 11 is 0. The monoisotopic (exact) mass is 354 g/mol. The van der Waals surface area contributed by atoms with Crippen LogP contribution in [0.25, 0.3) is 0 Å². The number of carbonyl (C=O) groups excluding carboxylic acids is 2. The highest BCUT2D eigenvalue weighted by Gasteiger charge is 2.25. The van der Waals surface area contributed by atoms with Gasteiger partial charge in [0, 0.05) is 36.3 Å². The number of aromatic hydroxyl groups is 2. The number of amides is 2. The fourth-order valence-electron chi connectivity index (χ4n) is 3.18. The Kier molecular flexibility index (Phi) is 5.11. The van der Waals surface area contributed by atoms with Crippen molar-refractivity contribution in [3.63, 3.8) is 0 Å². The summed E-state index contributed by atoms with van der Waals surface area (Å²) in [5.41, 5.74) is 1.93. The Morgan fingerprint density at radius 2 is 1.65 bits per heavy atom. The van der Waals surface area contributed by atoms with Crippen LogP contribution in [0.3, 0.4) is 0 Å². The van der Waals surface area contributed by atoms with Gasteiger partial charge < -0.3 is 20.4 Å². The van der Waals surface area contributed by atoms with Crippen molar-refractivity contribution in [2.45, 2.75) is 25.8 Å². The van der Waals surface area contributed by atoms with Gasteiger partial charge in [0.2, 0.25) is 0 Å². The van der Waals surface area contributed by atoms with E-state index in [2.05, 4.69) is 5.32 Å². The number of rotatable bonds is 3. The largest absolute Gasteiger partial charge is 0.508 e. The number of nitrogens with one attached hydrogen (secondary N) is 1. The Morgan fingerprint density at radius 3 is 2.27 bits per heavy atom. The number of likely N-dealkylation sites (tertiary alicyclic amines) is 1. The molecule has 3 rings (SSSR count). The Hall–Kier alpha value is -3.02. The van der Waals surface area contributed by atoms with Gasteiger partial charge in [-0.05, 0) is 44.0 Å². The molecule has 0 atom stereocenters. The summed E-state index contributed by atoms with van der Waals surface area (Å²) in [5, 5.41) is 22.1. The van der Waals surface area contributed by atoms with E-state index in [0.29, 0.717) is 31.5 Å². The molecule has 1 aliphatic heterocycles. The van der Waals surface area contributed by atoms with E-state index in [0.717, 1.165) is 5.56 Å². The van der Waals surface area contributed by atoms with E-state index in [-0.39, 0.29) is 34.9 Å². The van der Waals surface area contributed by atoms with Gasteiger partial charge in [-0.3, -0.25) is 9.59 Å². The van der Waals surface area contributed by atoms with Crippen molar-refractivity contribution in [1.82, 2.24) is 10.2 Å². The predicted molar refractivity (Wildman–Crippen MR) is 97.3 cm³/mol. The Labute approximate surface area is 152 Å². The van der Waals surface area contributed by atoms with Crippen LogP contribution in [0, 0.1) is 6.92 Å². The van der Waals surface area contributed by atoms with Gasteiger partial charge in [0.25, 0.3) is 11.8 Å². The van der Waals surface area contributed by atoms with Crippen LogP contribution >= 0.6 is 0 Å². The van der Waals surface area contributed by atoms with Gasteiger partial charge >= 0.3 is 0 Å². The molecule has 26 heavy (non-hydrogen) atoms. The molecular formula is C20H22N2O4. The maximum atomic E-state index is 12.5. The number of phenols is 2. The van der Waals surface area contributed by atoms with Crippen molar-refractivity contribution in [1.29, 1.82) is 0 Å². The van der Waals surface area contributed by atoms with Gasteiger partial charge in [-0.1, -0.05) is 17.7 Å². The molecule has 1 aliphatic rings. The average Bonchev–Trinajstić information content (AvgIpc) is 2.61. The van der Waals surface area contributed by atoms with Crippen LogP contribution in [-0.4, -0.2) is 46.1 Å². The third kappa shape index (κ3) is 4.14. The van der Waals surface area contributed by atoms with Gasteiger partial charge in [-0.15, -0.1) is 0 Å². The highest BCUT2D eigenvalue weighted by atomic mass is 16.3. The molecule has 1 fully saturated rings. The summed E-state index contributed by atoms with van der Waals surface area (Å²) in [4.78, 5) is 26.5. The number of carbonyl (C=O) groups is 2. The van der Waals surface area contributed by atoms with Crippen LogP contribution < -0.4 is 5.32 Å². The smallest absolute Gasteiger partial charge is 0.254 e. The van der Waals surface area contributed by atoms with Crippen molar-refractivity contribution in [3.8, 4) is 11.5 Å². The van der Waals surface area contributed by atoms with E-state index in [1.54, 1.807) is 11.0 Å². The number of nitrogens with zero attached hydrogens (tertiary/aromatic N) is 1. The number of hydrogen-bond acceptors (Lipinski definition) is 4. The molecule has 1 saturated heterocycles. The molecule has 0 spiro atoms. The number of aryl methyl sites for hydroxylation is 1. The summed E-state index contributed by atoms with van der Waals surface area (Å²) in [7, 11) is 0. The van der Waals surface area contributed by atoms with Crippen LogP contribution in [0.5, 0.6) is 11.5 Å². The summed E-state index contributed by atoms with van der Waals surface area (Å²) < 4.78 is 0. The standard InChI is InChI=1S/C20H22N2O4/c1-13-3-2-4-14(9-13)19(25)21-16-5-7-22(8-6-16)20(26)15-10-17(23)12-18(24)11-15/h2-4,9-12,16,23-24H,5-8H2,1H3,(H,21,25). The quantitative estimate of drug-likeness (QED) is 0.790. The highest BCUT2D eigenvalue weighted by Crippen LogP contribution is 2.23. The first-order valence-corrected chi connectivity index (χ1v) is 8.62. The van der Waals surface area contributed by atoms with Gasteiger partial charge in [0.15, 0.2) is 0 Å². The van der Waals surface area contributed by atoms with Crippen LogP contribution in [0.15, 0.2) is 42.5 Å². The van der Waals surface area contributed by atoms with E-state index in [1.807, 2.05) is 25.1 Å². The number of benzene rings is 2. The van der Waals surface area contributed by atoms with Crippen molar-refractivity contribution >= 4 is 11.8 Å². The Balaban J connectivity index is 1.57. The topological polar surface area (TPSA) is 89.9 Å². The summed E-state index contributed by atoms with van der Waals surface area (Å²) in [6.07, 6.45) is 1.32. The molecule has 3 N–H and O–H groups in total. The maximum Gasteiger partial charge on any atom is 0.254 e. The molecule has 0 aliphatic carbocycles. The van der Waals surface area contributed by atoms with E-state index in [4.69, 9.17) is 0 Å². The van der Waals surface area contributed by atoms with Crippen molar-refractivity contribution < 1.29 is 19.8 Å². The molecule has 0 radical (unpaired) electrons. The molecule has 2 aromatic carbocycles. The minimum absolute atomic E-state index is 0.0182. The van der Waals surface area contributed by atoms with Crippen LogP contribution in [0.1, 0.15) is 39.1 Å². The van der Waals surface area contributed by atoms with E-state index >= 15 is 0 Å². The van der Waals surface area contributed by atoms with Crippen LogP contribution in [0.2, 0.25) is 0 Å². The fraction of sp³-hybridized carbons (Fsp3) is 0.300. The average molecular weight is 354 g/mol. The molecule has 6 nitrogen and oxygen atoms in total. The van der Waals surface area contributed by atoms with Gasteiger partial charge in [0.1, 0.15) is 11.5 Å². The normalized spacial score (nSPS) is 14.9. The van der Waals surface area contributed by atoms with Gasteiger partial charge in [0.05, 0.1) is 0 Å². The maximum absolute atomic E-state index is 12.5. The number of phenolic OH excluding ortho intramolecular Hbond substituents is 2. The zero-order chi connectivity index (χ0) is 18.7. The third-order valence-corrected chi connectivity index (χ3v) is 4.55. The predicted octanol–water partition coefficient (Wildman–Crippen LogP) is 2.44. The fourth-order valence-corrected chi connectivity index (χ4v) is 3.18. The second-order valence-electron chi connectivity index (χ2n) is 6.65. The second kappa shape index (κ2) is 7.47. The highest BCUT2D eigenvalue weighted by molar-refractivity contribution is 5.95. The van der Waals surface area contributed by atoms with Crippen molar-refractivity contribution in [2.75, 3.05) is 13.1 Å². The van der Waals surface area contributed by atoms with E-state index < -0.39 is 0 Å². The SMILES string of the molecule is Cc1cccc(C(=O)NC2CCN(C(=O)c3cc(O)cc(O)c3)CC2)c1. The number of hydrogen-bond donors (Lipinski definition) is 3. The molecule has 6 heteroatoms. The molecule has 2 aromatic rings. The molecule has 0 saturated carbocycles. The van der Waals surface area contributed by atoms with E-state index in [1.165, 1.54) is 18.2 Å². The summed E-state index contributed by atoms with van der Waals surface area (Å²) in [5.74, 6) is -0.627. The number of piperidine rings is 1. The Bertz CT molecular complexity index is 806. The molecule has 2 amide bonds.